The van der Waals surface area contributed by atoms with Crippen LogP contribution in [0.1, 0.15) is 10.4 Å². The molecule has 2 heterocycles. The molecule has 0 aliphatic heterocycles. The van der Waals surface area contributed by atoms with Crippen LogP contribution >= 0.6 is 11.3 Å². The van der Waals surface area contributed by atoms with Gasteiger partial charge in [0.1, 0.15) is 5.60 Å². The van der Waals surface area contributed by atoms with Gasteiger partial charge in [-0.3, -0.25) is 9.59 Å². The maximum absolute atomic E-state index is 12.2. The Morgan fingerprint density at radius 3 is 2.46 bits per heavy atom. The molecule has 0 saturated heterocycles. The zero-order valence-electron chi connectivity index (χ0n) is 15.5. The molecule has 0 fully saturated rings. The first kappa shape index (κ1) is 19.7. The highest BCUT2D eigenvalue weighted by Gasteiger charge is 2.35. The second kappa shape index (κ2) is 8.28. The molecule has 3 N–H and O–H groups in total. The number of aliphatic hydroxyl groups is 1. The van der Waals surface area contributed by atoms with Crippen LogP contribution in [0.5, 0.6) is 0 Å². The maximum atomic E-state index is 12.2. The van der Waals surface area contributed by atoms with Crippen LogP contribution < -0.4 is 15.5 Å². The lowest BCUT2D eigenvalue weighted by molar-refractivity contribution is -0.136. The summed E-state index contributed by atoms with van der Waals surface area (Å²) >= 11 is 1.35. The summed E-state index contributed by atoms with van der Waals surface area (Å²) in [7, 11) is 3.82. The highest BCUT2D eigenvalue weighted by atomic mass is 32.1. The van der Waals surface area contributed by atoms with E-state index in [4.69, 9.17) is 4.42 Å². The smallest absolute Gasteiger partial charge is 0.313 e. The summed E-state index contributed by atoms with van der Waals surface area (Å²) in [6.45, 7) is -0.168. The normalized spacial score (nSPS) is 12.8. The molecule has 2 amide bonds. The van der Waals surface area contributed by atoms with Crippen LogP contribution in [0.3, 0.4) is 0 Å². The average molecular weight is 399 g/mol. The number of furan rings is 1. The Labute approximate surface area is 166 Å². The molecule has 7 nitrogen and oxygen atoms in total. The van der Waals surface area contributed by atoms with Crippen molar-refractivity contribution in [2.75, 3.05) is 30.9 Å². The van der Waals surface area contributed by atoms with Crippen molar-refractivity contribution in [3.63, 3.8) is 0 Å². The Balaban J connectivity index is 1.65. The molecule has 3 rings (SSSR count). The molecule has 0 saturated carbocycles. The fourth-order valence-electron chi connectivity index (χ4n) is 2.66. The molecule has 28 heavy (non-hydrogen) atoms. The van der Waals surface area contributed by atoms with Gasteiger partial charge in [0, 0.05) is 35.9 Å². The molecule has 146 valence electrons. The van der Waals surface area contributed by atoms with Crippen molar-refractivity contribution in [1.29, 1.82) is 0 Å². The van der Waals surface area contributed by atoms with Gasteiger partial charge in [-0.25, -0.2) is 0 Å². The van der Waals surface area contributed by atoms with E-state index < -0.39 is 17.4 Å². The van der Waals surface area contributed by atoms with Crippen molar-refractivity contribution in [1.82, 2.24) is 5.32 Å². The third-order valence-electron chi connectivity index (χ3n) is 4.28. The quantitative estimate of drug-likeness (QED) is 0.554. The molecule has 1 atom stereocenters. The third kappa shape index (κ3) is 4.24. The van der Waals surface area contributed by atoms with Crippen LogP contribution in [0.15, 0.2) is 64.8 Å². The number of carbonyl (C=O) groups excluding carboxylic acids is 2. The van der Waals surface area contributed by atoms with Gasteiger partial charge in [0.15, 0.2) is 0 Å². The van der Waals surface area contributed by atoms with E-state index in [1.54, 1.807) is 30.3 Å². The minimum atomic E-state index is -1.48. The van der Waals surface area contributed by atoms with Crippen LogP contribution in [0.2, 0.25) is 0 Å². The van der Waals surface area contributed by atoms with E-state index in [2.05, 4.69) is 10.6 Å². The Kier molecular flexibility index (Phi) is 5.81. The largest absolute Gasteiger partial charge is 0.472 e. The minimum absolute atomic E-state index is 0.168. The zero-order chi connectivity index (χ0) is 20.1. The Bertz CT molecular complexity index is 885. The molecule has 0 aliphatic carbocycles. The van der Waals surface area contributed by atoms with Crippen molar-refractivity contribution in [2.45, 2.75) is 5.60 Å². The first-order valence-electron chi connectivity index (χ1n) is 8.56. The number of carbonyl (C=O) groups is 2. The lowest BCUT2D eigenvalue weighted by Gasteiger charge is -2.26. The van der Waals surface area contributed by atoms with E-state index in [1.165, 1.54) is 23.9 Å². The third-order valence-corrected chi connectivity index (χ3v) is 5.30. The van der Waals surface area contributed by atoms with Crippen molar-refractivity contribution >= 4 is 34.5 Å². The molecule has 2 aromatic heterocycles. The Morgan fingerprint density at radius 1 is 1.14 bits per heavy atom. The molecule has 3 aromatic rings. The second-order valence-electron chi connectivity index (χ2n) is 6.43. The molecule has 8 heteroatoms. The zero-order valence-corrected chi connectivity index (χ0v) is 16.3. The summed E-state index contributed by atoms with van der Waals surface area (Å²) in [5.41, 5.74) is 0.498. The van der Waals surface area contributed by atoms with Gasteiger partial charge in [-0.1, -0.05) is 6.07 Å². The average Bonchev–Trinajstić information content (AvgIpc) is 3.40. The molecular formula is C20H21N3O4S. The van der Waals surface area contributed by atoms with Crippen LogP contribution in [0.25, 0.3) is 0 Å². The lowest BCUT2D eigenvalue weighted by atomic mass is 9.94. The van der Waals surface area contributed by atoms with E-state index in [9.17, 15) is 14.7 Å². The van der Waals surface area contributed by atoms with Crippen LogP contribution in [0, 0.1) is 0 Å². The van der Waals surface area contributed by atoms with E-state index in [1.807, 2.05) is 36.5 Å². The Hall–Kier alpha value is -3.10. The van der Waals surface area contributed by atoms with Crippen LogP contribution in [-0.2, 0) is 15.2 Å². The summed E-state index contributed by atoms with van der Waals surface area (Å²) in [5, 5.41) is 18.0. The van der Waals surface area contributed by atoms with Gasteiger partial charge >= 0.3 is 11.8 Å². The van der Waals surface area contributed by atoms with Gasteiger partial charge in [0.05, 0.1) is 19.1 Å². The summed E-state index contributed by atoms with van der Waals surface area (Å²) < 4.78 is 5.07. The van der Waals surface area contributed by atoms with Crippen molar-refractivity contribution in [3.05, 3.63) is 70.8 Å². The Morgan fingerprint density at radius 2 is 1.89 bits per heavy atom. The van der Waals surface area contributed by atoms with Crippen molar-refractivity contribution in [3.8, 4) is 0 Å². The summed E-state index contributed by atoms with van der Waals surface area (Å²) in [6, 6.07) is 12.3. The van der Waals surface area contributed by atoms with Gasteiger partial charge in [-0.05, 0) is 41.8 Å². The monoisotopic (exact) mass is 399 g/mol. The first-order chi connectivity index (χ1) is 13.4. The minimum Gasteiger partial charge on any atom is -0.472 e. The van der Waals surface area contributed by atoms with E-state index in [-0.39, 0.29) is 6.54 Å². The highest BCUT2D eigenvalue weighted by molar-refractivity contribution is 7.10. The molecule has 0 unspecified atom stereocenters. The molecule has 1 aromatic carbocycles. The van der Waals surface area contributed by atoms with Gasteiger partial charge in [-0.2, -0.15) is 0 Å². The van der Waals surface area contributed by atoms with Crippen molar-refractivity contribution < 1.29 is 19.1 Å². The van der Waals surface area contributed by atoms with Gasteiger partial charge < -0.3 is 25.1 Å². The van der Waals surface area contributed by atoms with Gasteiger partial charge in [0.2, 0.25) is 0 Å². The predicted octanol–water partition coefficient (Wildman–Crippen LogP) is 2.40. The number of anilines is 2. The molecular weight excluding hydrogens is 378 g/mol. The maximum Gasteiger partial charge on any atom is 0.313 e. The number of thiophene rings is 1. The van der Waals surface area contributed by atoms with Gasteiger partial charge in [0.25, 0.3) is 0 Å². The van der Waals surface area contributed by atoms with Crippen molar-refractivity contribution in [2.24, 2.45) is 0 Å². The first-order valence-corrected chi connectivity index (χ1v) is 9.44. The lowest BCUT2D eigenvalue weighted by Crippen LogP contribution is -2.44. The summed E-state index contributed by atoms with van der Waals surface area (Å²) in [5.74, 6) is -1.64. The number of hydrogen-bond donors (Lipinski definition) is 3. The molecule has 0 radical (unpaired) electrons. The fourth-order valence-corrected chi connectivity index (χ4v) is 3.51. The topological polar surface area (TPSA) is 94.8 Å². The number of rotatable bonds is 6. The molecule has 0 bridgehead atoms. The summed E-state index contributed by atoms with van der Waals surface area (Å²) in [6.07, 6.45) is 2.86. The standard InChI is InChI=1S/C20H21N3O4S/c1-23(2)16-7-5-15(6-8-16)22-19(25)18(24)21-13-20(26,14-9-10-27-12-14)17-4-3-11-28-17/h3-12,26H,13H2,1-2H3,(H,21,24)(H,22,25)/t20-/m1/s1. The van der Waals surface area contributed by atoms with Crippen LogP contribution in [0.4, 0.5) is 11.4 Å². The van der Waals surface area contributed by atoms with Crippen LogP contribution in [-0.4, -0.2) is 37.6 Å². The van der Waals surface area contributed by atoms with E-state index in [0.29, 0.717) is 16.1 Å². The SMILES string of the molecule is CN(C)c1ccc(NC(=O)C(=O)NC[C@@](O)(c2ccoc2)c2cccs2)cc1. The summed E-state index contributed by atoms with van der Waals surface area (Å²) in [4.78, 5) is 27.0. The number of nitrogens with one attached hydrogen (secondary N) is 2. The second-order valence-corrected chi connectivity index (χ2v) is 7.38. The van der Waals surface area contributed by atoms with E-state index in [0.717, 1.165) is 5.69 Å². The van der Waals surface area contributed by atoms with E-state index >= 15 is 0 Å². The number of benzene rings is 1. The van der Waals surface area contributed by atoms with Gasteiger partial charge in [-0.15, -0.1) is 11.3 Å². The predicted molar refractivity (Wildman–Crippen MR) is 108 cm³/mol. The molecule has 0 spiro atoms. The molecule has 0 aliphatic rings. The number of nitrogens with zero attached hydrogens (tertiary/aromatic N) is 1. The highest BCUT2D eigenvalue weighted by Crippen LogP contribution is 2.32. The number of amides is 2. The fraction of sp³-hybridized carbons (Fsp3) is 0.200. The number of hydrogen-bond acceptors (Lipinski definition) is 6.